The summed E-state index contributed by atoms with van der Waals surface area (Å²) in [5, 5.41) is 1.02. The fourth-order valence-corrected chi connectivity index (χ4v) is 2.28. The van der Waals surface area contributed by atoms with Gasteiger partial charge in [0.2, 0.25) is 0 Å². The summed E-state index contributed by atoms with van der Waals surface area (Å²) >= 11 is 0. The topological polar surface area (TPSA) is 39.4 Å². The van der Waals surface area contributed by atoms with Crippen LogP contribution in [0.2, 0.25) is 0 Å². The van der Waals surface area contributed by atoms with Gasteiger partial charge in [-0.2, -0.15) is 0 Å². The van der Waals surface area contributed by atoms with Crippen LogP contribution in [-0.4, -0.2) is 12.4 Å². The van der Waals surface area contributed by atoms with Crippen LogP contribution < -0.4 is 4.74 Å². The Labute approximate surface area is 128 Å². The Bertz CT molecular complexity index is 794. The van der Waals surface area contributed by atoms with Crippen molar-refractivity contribution in [3.63, 3.8) is 0 Å². The maximum Gasteiger partial charge on any atom is 0.189 e. The molecule has 3 aromatic rings. The van der Waals surface area contributed by atoms with Crippen LogP contribution in [0.15, 0.2) is 65.1 Å². The van der Waals surface area contributed by atoms with Crippen molar-refractivity contribution in [2.45, 2.75) is 6.92 Å². The van der Waals surface area contributed by atoms with Crippen LogP contribution >= 0.6 is 0 Å². The molecule has 110 valence electrons. The van der Waals surface area contributed by atoms with Gasteiger partial charge in [0.25, 0.3) is 0 Å². The van der Waals surface area contributed by atoms with Gasteiger partial charge in [-0.25, -0.2) is 0 Å². The molecule has 0 aliphatic carbocycles. The predicted molar refractivity (Wildman–Crippen MR) is 87.2 cm³/mol. The van der Waals surface area contributed by atoms with Gasteiger partial charge < -0.3 is 9.15 Å². The van der Waals surface area contributed by atoms with Crippen LogP contribution in [-0.2, 0) is 0 Å². The molecule has 0 N–H and O–H groups in total. The summed E-state index contributed by atoms with van der Waals surface area (Å²) in [4.78, 5) is 12.3. The quantitative estimate of drug-likeness (QED) is 0.504. The zero-order valence-corrected chi connectivity index (χ0v) is 12.3. The van der Waals surface area contributed by atoms with Crippen LogP contribution in [0.1, 0.15) is 23.0 Å². The molecule has 3 nitrogen and oxygen atoms in total. The molecule has 2 aromatic carbocycles. The van der Waals surface area contributed by atoms with Gasteiger partial charge in [-0.3, -0.25) is 4.79 Å². The molecule has 1 heterocycles. The van der Waals surface area contributed by atoms with Crippen LogP contribution in [0, 0.1) is 0 Å². The fraction of sp³-hybridized carbons (Fsp3) is 0.105. The Morgan fingerprint density at radius 2 is 1.91 bits per heavy atom. The van der Waals surface area contributed by atoms with Gasteiger partial charge in [0.1, 0.15) is 17.1 Å². The Morgan fingerprint density at radius 1 is 1.14 bits per heavy atom. The molecule has 1 aromatic heterocycles. The van der Waals surface area contributed by atoms with Gasteiger partial charge in [0.15, 0.2) is 5.78 Å². The molecular formula is C19H16O3. The van der Waals surface area contributed by atoms with Crippen LogP contribution in [0.3, 0.4) is 0 Å². The first kappa shape index (κ1) is 14.1. The third-order valence-corrected chi connectivity index (χ3v) is 3.30. The first-order chi connectivity index (χ1) is 10.8. The highest BCUT2D eigenvalue weighted by molar-refractivity contribution is 6.08. The van der Waals surface area contributed by atoms with Gasteiger partial charge in [0.05, 0.1) is 12.2 Å². The Kier molecular flexibility index (Phi) is 4.05. The Morgan fingerprint density at radius 3 is 2.73 bits per heavy atom. The lowest BCUT2D eigenvalue weighted by molar-refractivity contribution is 0.104. The highest BCUT2D eigenvalue weighted by Crippen LogP contribution is 2.22. The molecule has 0 fully saturated rings. The highest BCUT2D eigenvalue weighted by atomic mass is 16.5. The molecule has 0 aliphatic rings. The molecule has 0 spiro atoms. The zero-order valence-electron chi connectivity index (χ0n) is 12.3. The largest absolute Gasteiger partial charge is 0.493 e. The molecule has 0 bridgehead atoms. The van der Waals surface area contributed by atoms with E-state index in [0.717, 1.165) is 11.0 Å². The SMILES string of the molecule is CCOc1ccccc1C(=O)/C=C/c1cc2ccccc2o1. The molecule has 0 saturated heterocycles. The number of carbonyl (C=O) groups is 1. The van der Waals surface area contributed by atoms with Crippen LogP contribution in [0.25, 0.3) is 17.0 Å². The van der Waals surface area contributed by atoms with E-state index in [2.05, 4.69) is 0 Å². The number of para-hydroxylation sites is 2. The second-order valence-corrected chi connectivity index (χ2v) is 4.81. The van der Waals surface area contributed by atoms with E-state index < -0.39 is 0 Å². The van der Waals surface area contributed by atoms with Crippen molar-refractivity contribution in [3.05, 3.63) is 72.0 Å². The molecule has 0 aliphatic heterocycles. The monoisotopic (exact) mass is 292 g/mol. The maximum atomic E-state index is 12.3. The Balaban J connectivity index is 1.84. The van der Waals surface area contributed by atoms with Crippen molar-refractivity contribution < 1.29 is 13.9 Å². The fourth-order valence-electron chi connectivity index (χ4n) is 2.28. The molecule has 0 amide bonds. The van der Waals surface area contributed by atoms with E-state index in [9.17, 15) is 4.79 Å². The van der Waals surface area contributed by atoms with Gasteiger partial charge in [0, 0.05) is 5.39 Å². The lowest BCUT2D eigenvalue weighted by atomic mass is 10.1. The Hall–Kier alpha value is -2.81. The van der Waals surface area contributed by atoms with Crippen molar-refractivity contribution in [3.8, 4) is 5.75 Å². The second kappa shape index (κ2) is 6.31. The predicted octanol–water partition coefficient (Wildman–Crippen LogP) is 4.73. The van der Waals surface area contributed by atoms with Crippen molar-refractivity contribution in [1.29, 1.82) is 0 Å². The molecular weight excluding hydrogens is 276 g/mol. The minimum absolute atomic E-state index is 0.107. The molecule has 0 unspecified atom stereocenters. The molecule has 0 saturated carbocycles. The van der Waals surface area contributed by atoms with E-state index in [-0.39, 0.29) is 5.78 Å². The van der Waals surface area contributed by atoms with Crippen molar-refractivity contribution in [2.75, 3.05) is 6.61 Å². The van der Waals surface area contributed by atoms with Crippen molar-refractivity contribution in [2.24, 2.45) is 0 Å². The van der Waals surface area contributed by atoms with E-state index in [0.29, 0.717) is 23.7 Å². The van der Waals surface area contributed by atoms with E-state index in [1.165, 1.54) is 6.08 Å². The number of fused-ring (bicyclic) bond motifs is 1. The lowest BCUT2D eigenvalue weighted by Crippen LogP contribution is -2.01. The summed E-state index contributed by atoms with van der Waals surface area (Å²) in [6.45, 7) is 2.42. The van der Waals surface area contributed by atoms with Gasteiger partial charge in [-0.15, -0.1) is 0 Å². The van der Waals surface area contributed by atoms with Crippen LogP contribution in [0.5, 0.6) is 5.75 Å². The van der Waals surface area contributed by atoms with E-state index >= 15 is 0 Å². The second-order valence-electron chi connectivity index (χ2n) is 4.81. The smallest absolute Gasteiger partial charge is 0.189 e. The number of furan rings is 1. The summed E-state index contributed by atoms with van der Waals surface area (Å²) in [6, 6.07) is 16.9. The molecule has 3 rings (SSSR count). The molecule has 3 heteroatoms. The molecule has 0 radical (unpaired) electrons. The van der Waals surface area contributed by atoms with E-state index in [1.807, 2.05) is 49.4 Å². The normalized spacial score (nSPS) is 11.1. The maximum absolute atomic E-state index is 12.3. The third kappa shape index (κ3) is 2.93. The number of hydrogen-bond donors (Lipinski definition) is 0. The van der Waals surface area contributed by atoms with Gasteiger partial charge in [-0.05, 0) is 43.3 Å². The molecule has 22 heavy (non-hydrogen) atoms. The van der Waals surface area contributed by atoms with Crippen LogP contribution in [0.4, 0.5) is 0 Å². The number of carbonyl (C=O) groups excluding carboxylic acids is 1. The highest BCUT2D eigenvalue weighted by Gasteiger charge is 2.09. The van der Waals surface area contributed by atoms with E-state index in [1.54, 1.807) is 18.2 Å². The standard InChI is InChI=1S/C19H16O3/c1-2-21-19-10-6-4-8-16(19)17(20)12-11-15-13-14-7-3-5-9-18(14)22-15/h3-13H,2H2,1H3/b12-11+. The number of allylic oxidation sites excluding steroid dienone is 1. The lowest BCUT2D eigenvalue weighted by Gasteiger charge is -2.06. The first-order valence-corrected chi connectivity index (χ1v) is 7.21. The summed E-state index contributed by atoms with van der Waals surface area (Å²) < 4.78 is 11.1. The zero-order chi connectivity index (χ0) is 15.4. The average molecular weight is 292 g/mol. The summed E-state index contributed by atoms with van der Waals surface area (Å²) in [6.07, 6.45) is 3.20. The summed E-state index contributed by atoms with van der Waals surface area (Å²) in [5.41, 5.74) is 1.36. The van der Waals surface area contributed by atoms with Gasteiger partial charge in [-0.1, -0.05) is 30.3 Å². The number of rotatable bonds is 5. The number of hydrogen-bond acceptors (Lipinski definition) is 3. The number of benzene rings is 2. The number of ether oxygens (including phenoxy) is 1. The third-order valence-electron chi connectivity index (χ3n) is 3.30. The average Bonchev–Trinajstić information content (AvgIpc) is 2.96. The van der Waals surface area contributed by atoms with Crippen molar-refractivity contribution in [1.82, 2.24) is 0 Å². The minimum Gasteiger partial charge on any atom is -0.493 e. The first-order valence-electron chi connectivity index (χ1n) is 7.21. The summed E-state index contributed by atoms with van der Waals surface area (Å²) in [7, 11) is 0. The molecule has 0 atom stereocenters. The minimum atomic E-state index is -0.107. The van der Waals surface area contributed by atoms with E-state index in [4.69, 9.17) is 9.15 Å². The summed E-state index contributed by atoms with van der Waals surface area (Å²) in [5.74, 6) is 1.15. The van der Waals surface area contributed by atoms with Crippen molar-refractivity contribution >= 4 is 22.8 Å². The van der Waals surface area contributed by atoms with Gasteiger partial charge >= 0.3 is 0 Å². The number of ketones is 1.